The van der Waals surface area contributed by atoms with Crippen molar-refractivity contribution in [2.24, 2.45) is 7.05 Å². The number of amides is 1. The lowest BCUT2D eigenvalue weighted by Crippen LogP contribution is -2.33. The van der Waals surface area contributed by atoms with E-state index in [1.807, 2.05) is 6.07 Å². The van der Waals surface area contributed by atoms with Crippen molar-refractivity contribution in [2.75, 3.05) is 22.5 Å². The molecule has 0 spiro atoms. The van der Waals surface area contributed by atoms with E-state index < -0.39 is 21.5 Å². The fourth-order valence-electron chi connectivity index (χ4n) is 3.88. The highest BCUT2D eigenvalue weighted by Crippen LogP contribution is 2.27. The Balaban J connectivity index is 1.66. The number of para-hydroxylation sites is 1. The SMILES string of the molecule is Cc1cc(NNC(=O)c2cc(S(=O)(=O)N(C)c3c(C)n(C)n(-c4ccccc4)c3=O)ccc2Cl)nc(N)n1. The van der Waals surface area contributed by atoms with E-state index in [2.05, 4.69) is 20.8 Å². The molecule has 0 saturated carbocycles. The Kier molecular flexibility index (Phi) is 7.16. The quantitative estimate of drug-likeness (QED) is 0.293. The Morgan fingerprint density at radius 1 is 1.08 bits per heavy atom. The molecule has 4 N–H and O–H groups in total. The topological polar surface area (TPSA) is 157 Å². The lowest BCUT2D eigenvalue weighted by molar-refractivity contribution is 0.0962. The normalized spacial score (nSPS) is 11.3. The maximum Gasteiger partial charge on any atom is 0.296 e. The van der Waals surface area contributed by atoms with E-state index in [0.29, 0.717) is 17.1 Å². The van der Waals surface area contributed by atoms with Crippen LogP contribution in [0.3, 0.4) is 0 Å². The summed E-state index contributed by atoms with van der Waals surface area (Å²) >= 11 is 6.21. The fourth-order valence-corrected chi connectivity index (χ4v) is 5.35. The molecule has 0 saturated heterocycles. The van der Waals surface area contributed by atoms with E-state index >= 15 is 0 Å². The predicted molar refractivity (Wildman–Crippen MR) is 145 cm³/mol. The van der Waals surface area contributed by atoms with Gasteiger partial charge < -0.3 is 5.73 Å². The average molecular weight is 557 g/mol. The fraction of sp³-hybridized carbons (Fsp3) is 0.167. The number of benzene rings is 2. The summed E-state index contributed by atoms with van der Waals surface area (Å²) in [4.78, 5) is 33.9. The van der Waals surface area contributed by atoms with Gasteiger partial charge in [-0.05, 0) is 44.2 Å². The number of aryl methyl sites for hydroxylation is 1. The van der Waals surface area contributed by atoms with Crippen molar-refractivity contribution < 1.29 is 13.2 Å². The molecule has 0 unspecified atom stereocenters. The van der Waals surface area contributed by atoms with E-state index in [4.69, 9.17) is 17.3 Å². The van der Waals surface area contributed by atoms with Crippen LogP contribution < -0.4 is 26.4 Å². The van der Waals surface area contributed by atoms with Gasteiger partial charge in [0.15, 0.2) is 0 Å². The summed E-state index contributed by atoms with van der Waals surface area (Å²) in [6, 6.07) is 14.1. The minimum absolute atomic E-state index is 0.0124. The number of nitrogens with zero attached hydrogens (tertiary/aromatic N) is 5. The van der Waals surface area contributed by atoms with Gasteiger partial charge in [-0.3, -0.25) is 29.4 Å². The number of carbonyl (C=O) groups is 1. The maximum atomic E-state index is 13.6. The molecule has 0 atom stereocenters. The number of hydrogen-bond acceptors (Lipinski definition) is 8. The number of nitrogens with two attached hydrogens (primary N) is 1. The van der Waals surface area contributed by atoms with Crippen molar-refractivity contribution in [2.45, 2.75) is 18.7 Å². The Morgan fingerprint density at radius 2 is 1.76 bits per heavy atom. The zero-order valence-electron chi connectivity index (χ0n) is 20.9. The third kappa shape index (κ3) is 4.93. The summed E-state index contributed by atoms with van der Waals surface area (Å²) < 4.78 is 31.0. The van der Waals surface area contributed by atoms with Crippen molar-refractivity contribution in [3.63, 3.8) is 0 Å². The average Bonchev–Trinajstić information content (AvgIpc) is 3.09. The van der Waals surface area contributed by atoms with Crippen molar-refractivity contribution in [3.8, 4) is 5.69 Å². The summed E-state index contributed by atoms with van der Waals surface area (Å²) in [6.07, 6.45) is 0. The van der Waals surface area contributed by atoms with Gasteiger partial charge in [-0.1, -0.05) is 29.8 Å². The first kappa shape index (κ1) is 26.7. The van der Waals surface area contributed by atoms with Crippen LogP contribution in [-0.4, -0.2) is 40.7 Å². The third-order valence-corrected chi connectivity index (χ3v) is 7.94. The summed E-state index contributed by atoms with van der Waals surface area (Å²) in [5.41, 5.74) is 11.6. The van der Waals surface area contributed by atoms with Crippen LogP contribution in [0.5, 0.6) is 0 Å². The Hall–Kier alpha value is -4.36. The molecule has 4 aromatic rings. The summed E-state index contributed by atoms with van der Waals surface area (Å²) in [5.74, 6) is -0.470. The standard InChI is InChI=1S/C24H25ClN8O4S/c1-14-12-20(28-24(26)27-14)29-30-22(34)18-13-17(10-11-19(18)25)38(36,37)32(4)21-15(2)31(3)33(23(21)35)16-8-6-5-7-9-16/h5-13H,1-4H3,(H,30,34)(H3,26,27,28,29). The molecule has 2 aromatic heterocycles. The molecule has 2 aromatic carbocycles. The second-order valence-electron chi connectivity index (χ2n) is 8.36. The highest BCUT2D eigenvalue weighted by molar-refractivity contribution is 7.92. The highest BCUT2D eigenvalue weighted by atomic mass is 35.5. The first-order valence-electron chi connectivity index (χ1n) is 11.2. The minimum Gasteiger partial charge on any atom is -0.368 e. The van der Waals surface area contributed by atoms with Gasteiger partial charge in [-0.15, -0.1) is 0 Å². The summed E-state index contributed by atoms with van der Waals surface area (Å²) in [7, 11) is -1.31. The molecule has 12 nitrogen and oxygen atoms in total. The number of hydrazine groups is 1. The van der Waals surface area contributed by atoms with Gasteiger partial charge in [0.2, 0.25) is 5.95 Å². The first-order valence-corrected chi connectivity index (χ1v) is 13.0. The molecule has 0 bridgehead atoms. The molecule has 1 amide bonds. The van der Waals surface area contributed by atoms with Crippen LogP contribution >= 0.6 is 11.6 Å². The van der Waals surface area contributed by atoms with Crippen molar-refractivity contribution >= 4 is 45.0 Å². The molecule has 0 fully saturated rings. The maximum absolute atomic E-state index is 13.6. The van der Waals surface area contributed by atoms with Crippen LogP contribution in [0.1, 0.15) is 21.7 Å². The zero-order chi connectivity index (χ0) is 27.8. The van der Waals surface area contributed by atoms with Crippen LogP contribution in [0.2, 0.25) is 5.02 Å². The van der Waals surface area contributed by atoms with Crippen molar-refractivity contribution in [1.29, 1.82) is 0 Å². The van der Waals surface area contributed by atoms with Crippen LogP contribution in [0.25, 0.3) is 5.69 Å². The molecule has 0 aliphatic carbocycles. The number of aromatic nitrogens is 4. The highest BCUT2D eigenvalue weighted by Gasteiger charge is 2.29. The number of nitrogens with one attached hydrogen (secondary N) is 2. The minimum atomic E-state index is -4.26. The van der Waals surface area contributed by atoms with Crippen LogP contribution in [0.15, 0.2) is 64.3 Å². The second kappa shape index (κ2) is 10.2. The largest absolute Gasteiger partial charge is 0.368 e. The van der Waals surface area contributed by atoms with E-state index in [9.17, 15) is 18.0 Å². The number of carbonyl (C=O) groups excluding carboxylic acids is 1. The molecule has 0 radical (unpaired) electrons. The smallest absolute Gasteiger partial charge is 0.296 e. The molecule has 0 aliphatic rings. The van der Waals surface area contributed by atoms with E-state index in [-0.39, 0.29) is 32.9 Å². The number of hydrogen-bond donors (Lipinski definition) is 3. The number of sulfonamides is 1. The number of anilines is 3. The second-order valence-corrected chi connectivity index (χ2v) is 10.7. The monoisotopic (exact) mass is 556 g/mol. The molecule has 14 heteroatoms. The number of nitrogen functional groups attached to an aromatic ring is 1. The zero-order valence-corrected chi connectivity index (χ0v) is 22.5. The molecule has 38 heavy (non-hydrogen) atoms. The van der Waals surface area contributed by atoms with E-state index in [0.717, 1.165) is 10.4 Å². The molecule has 4 rings (SSSR count). The number of halogens is 1. The Morgan fingerprint density at radius 3 is 2.42 bits per heavy atom. The molecule has 0 aliphatic heterocycles. The van der Waals surface area contributed by atoms with Crippen molar-refractivity contribution in [3.05, 3.63) is 86.9 Å². The summed E-state index contributed by atoms with van der Waals surface area (Å²) in [6.45, 7) is 3.35. The first-order chi connectivity index (χ1) is 17.9. The summed E-state index contributed by atoms with van der Waals surface area (Å²) in [5, 5.41) is 0.0200. The van der Waals surface area contributed by atoms with E-state index in [1.165, 1.54) is 23.9 Å². The predicted octanol–water partition coefficient (Wildman–Crippen LogP) is 2.40. The van der Waals surface area contributed by atoms with Gasteiger partial charge in [0.25, 0.3) is 21.5 Å². The van der Waals surface area contributed by atoms with Crippen molar-refractivity contribution in [1.82, 2.24) is 24.8 Å². The van der Waals surface area contributed by atoms with E-state index in [1.54, 1.807) is 55.9 Å². The van der Waals surface area contributed by atoms with Gasteiger partial charge in [-0.25, -0.2) is 18.1 Å². The third-order valence-electron chi connectivity index (χ3n) is 5.86. The van der Waals surface area contributed by atoms with Gasteiger partial charge in [-0.2, -0.15) is 4.98 Å². The van der Waals surface area contributed by atoms with Crippen LogP contribution in [0, 0.1) is 13.8 Å². The van der Waals surface area contributed by atoms with Gasteiger partial charge in [0.05, 0.1) is 26.9 Å². The van der Waals surface area contributed by atoms with Gasteiger partial charge in [0, 0.05) is 25.9 Å². The molecular weight excluding hydrogens is 532 g/mol. The van der Waals surface area contributed by atoms with Crippen LogP contribution in [0.4, 0.5) is 17.5 Å². The van der Waals surface area contributed by atoms with Gasteiger partial charge >= 0.3 is 0 Å². The Bertz CT molecular complexity index is 1680. The molecule has 2 heterocycles. The molecular formula is C24H25ClN8O4S. The Labute approximate surface area is 223 Å². The number of rotatable bonds is 7. The van der Waals surface area contributed by atoms with Gasteiger partial charge in [0.1, 0.15) is 11.5 Å². The lowest BCUT2D eigenvalue weighted by Gasteiger charge is -2.19. The lowest BCUT2D eigenvalue weighted by atomic mass is 10.2. The molecule has 198 valence electrons. The van der Waals surface area contributed by atoms with Crippen LogP contribution in [-0.2, 0) is 17.1 Å².